The standard InChI is InChI=1S/C12H15BrF3NO2S/c1-8-6-10(7-9(2)11(8)13)17-20(18,19)5-3-4-12(14,15)16/h6-7,17H,3-5H2,1-2H3. The van der Waals surface area contributed by atoms with Gasteiger partial charge in [-0.25, -0.2) is 8.42 Å². The Labute approximate surface area is 124 Å². The molecule has 8 heteroatoms. The highest BCUT2D eigenvalue weighted by Crippen LogP contribution is 2.26. The fraction of sp³-hybridized carbons (Fsp3) is 0.500. The Kier molecular flexibility index (Phi) is 5.48. The molecular formula is C12H15BrF3NO2S. The number of anilines is 1. The summed E-state index contributed by atoms with van der Waals surface area (Å²) in [5.41, 5.74) is 2.05. The Bertz CT molecular complexity index is 562. The highest BCUT2D eigenvalue weighted by atomic mass is 79.9. The van der Waals surface area contributed by atoms with E-state index in [4.69, 9.17) is 0 Å². The van der Waals surface area contributed by atoms with E-state index in [0.29, 0.717) is 5.69 Å². The van der Waals surface area contributed by atoms with E-state index in [1.165, 1.54) is 0 Å². The van der Waals surface area contributed by atoms with Crippen LogP contribution in [-0.2, 0) is 10.0 Å². The Morgan fingerprint density at radius 2 is 1.70 bits per heavy atom. The molecule has 1 rings (SSSR count). The molecule has 114 valence electrons. The van der Waals surface area contributed by atoms with E-state index in [-0.39, 0.29) is 0 Å². The lowest BCUT2D eigenvalue weighted by molar-refractivity contribution is -0.134. The second kappa shape index (κ2) is 6.34. The summed E-state index contributed by atoms with van der Waals surface area (Å²) in [7, 11) is -3.77. The Morgan fingerprint density at radius 3 is 2.15 bits per heavy atom. The van der Waals surface area contributed by atoms with Gasteiger partial charge in [0.25, 0.3) is 0 Å². The molecule has 0 amide bonds. The van der Waals surface area contributed by atoms with E-state index in [2.05, 4.69) is 20.7 Å². The van der Waals surface area contributed by atoms with Crippen molar-refractivity contribution in [2.75, 3.05) is 10.5 Å². The van der Waals surface area contributed by atoms with E-state index in [9.17, 15) is 21.6 Å². The van der Waals surface area contributed by atoms with Crippen LogP contribution in [0, 0.1) is 13.8 Å². The average molecular weight is 374 g/mol. The van der Waals surface area contributed by atoms with Crippen LogP contribution in [0.3, 0.4) is 0 Å². The van der Waals surface area contributed by atoms with Crippen LogP contribution in [0.2, 0.25) is 0 Å². The van der Waals surface area contributed by atoms with Gasteiger partial charge in [-0.15, -0.1) is 0 Å². The van der Waals surface area contributed by atoms with Gasteiger partial charge in [-0.2, -0.15) is 13.2 Å². The molecule has 0 heterocycles. The average Bonchev–Trinajstić information content (AvgIpc) is 2.22. The second-order valence-electron chi connectivity index (χ2n) is 4.56. The van der Waals surface area contributed by atoms with Gasteiger partial charge in [0.05, 0.1) is 5.75 Å². The van der Waals surface area contributed by atoms with E-state index in [0.717, 1.165) is 15.6 Å². The van der Waals surface area contributed by atoms with Crippen molar-refractivity contribution in [1.82, 2.24) is 0 Å². The molecule has 0 aliphatic rings. The van der Waals surface area contributed by atoms with Crippen molar-refractivity contribution in [1.29, 1.82) is 0 Å². The first-order chi connectivity index (χ1) is 9.00. The monoisotopic (exact) mass is 373 g/mol. The van der Waals surface area contributed by atoms with Gasteiger partial charge < -0.3 is 0 Å². The number of halogens is 4. The topological polar surface area (TPSA) is 46.2 Å². The van der Waals surface area contributed by atoms with Gasteiger partial charge in [0.15, 0.2) is 0 Å². The molecule has 0 radical (unpaired) electrons. The molecule has 1 aromatic rings. The van der Waals surface area contributed by atoms with Crippen molar-refractivity contribution < 1.29 is 21.6 Å². The zero-order valence-corrected chi connectivity index (χ0v) is 13.4. The minimum absolute atomic E-state index is 0.357. The van der Waals surface area contributed by atoms with Gasteiger partial charge in [0.2, 0.25) is 10.0 Å². The molecule has 0 atom stereocenters. The predicted molar refractivity (Wildman–Crippen MR) is 76.3 cm³/mol. The lowest BCUT2D eigenvalue weighted by atomic mass is 10.1. The summed E-state index contributed by atoms with van der Waals surface area (Å²) in [5.74, 6) is -0.555. The number of nitrogens with one attached hydrogen (secondary N) is 1. The number of hydrogen-bond donors (Lipinski definition) is 1. The summed E-state index contributed by atoms with van der Waals surface area (Å²) in [5, 5.41) is 0. The highest BCUT2D eigenvalue weighted by Gasteiger charge is 2.27. The number of rotatable bonds is 5. The van der Waals surface area contributed by atoms with Crippen molar-refractivity contribution in [2.24, 2.45) is 0 Å². The lowest BCUT2D eigenvalue weighted by Crippen LogP contribution is -2.19. The molecular weight excluding hydrogens is 359 g/mol. The first-order valence-corrected chi connectivity index (χ1v) is 8.29. The van der Waals surface area contributed by atoms with Crippen LogP contribution in [0.1, 0.15) is 24.0 Å². The van der Waals surface area contributed by atoms with E-state index in [1.54, 1.807) is 26.0 Å². The number of alkyl halides is 3. The highest BCUT2D eigenvalue weighted by molar-refractivity contribution is 9.10. The first-order valence-electron chi connectivity index (χ1n) is 5.84. The molecule has 1 aromatic carbocycles. The lowest BCUT2D eigenvalue weighted by Gasteiger charge is -2.12. The molecule has 1 N–H and O–H groups in total. The maximum absolute atomic E-state index is 12.0. The van der Waals surface area contributed by atoms with E-state index >= 15 is 0 Å². The number of sulfonamides is 1. The molecule has 0 saturated carbocycles. The van der Waals surface area contributed by atoms with Gasteiger partial charge in [-0.1, -0.05) is 15.9 Å². The summed E-state index contributed by atoms with van der Waals surface area (Å²) in [6.07, 6.45) is -5.89. The minimum Gasteiger partial charge on any atom is -0.284 e. The molecule has 0 bridgehead atoms. The van der Waals surface area contributed by atoms with Crippen LogP contribution in [0.4, 0.5) is 18.9 Å². The third-order valence-electron chi connectivity index (χ3n) is 2.58. The van der Waals surface area contributed by atoms with Crippen LogP contribution in [0.25, 0.3) is 0 Å². The Morgan fingerprint density at radius 1 is 1.20 bits per heavy atom. The third kappa shape index (κ3) is 5.70. The van der Waals surface area contributed by atoms with E-state index < -0.39 is 34.8 Å². The van der Waals surface area contributed by atoms with Gasteiger partial charge in [-0.3, -0.25) is 4.72 Å². The fourth-order valence-electron chi connectivity index (χ4n) is 1.70. The van der Waals surface area contributed by atoms with Gasteiger partial charge in [0.1, 0.15) is 0 Å². The number of hydrogen-bond acceptors (Lipinski definition) is 2. The summed E-state index contributed by atoms with van der Waals surface area (Å²) < 4.78 is 62.5. The Hall–Kier alpha value is -0.760. The van der Waals surface area contributed by atoms with Crippen molar-refractivity contribution in [3.05, 3.63) is 27.7 Å². The minimum atomic E-state index is -4.33. The van der Waals surface area contributed by atoms with Gasteiger partial charge in [0, 0.05) is 16.6 Å². The largest absolute Gasteiger partial charge is 0.389 e. The molecule has 20 heavy (non-hydrogen) atoms. The van der Waals surface area contributed by atoms with Crippen molar-refractivity contribution in [3.8, 4) is 0 Å². The maximum Gasteiger partial charge on any atom is 0.389 e. The fourth-order valence-corrected chi connectivity index (χ4v) is 3.03. The van der Waals surface area contributed by atoms with Crippen molar-refractivity contribution in [2.45, 2.75) is 32.9 Å². The molecule has 3 nitrogen and oxygen atoms in total. The molecule has 0 aliphatic heterocycles. The number of aryl methyl sites for hydroxylation is 2. The summed E-state index contributed by atoms with van der Waals surface area (Å²) >= 11 is 3.35. The molecule has 0 aromatic heterocycles. The SMILES string of the molecule is Cc1cc(NS(=O)(=O)CCCC(F)(F)F)cc(C)c1Br. The van der Waals surface area contributed by atoms with Crippen LogP contribution in [0.5, 0.6) is 0 Å². The van der Waals surface area contributed by atoms with Crippen LogP contribution >= 0.6 is 15.9 Å². The summed E-state index contributed by atoms with van der Waals surface area (Å²) in [6.45, 7) is 3.61. The maximum atomic E-state index is 12.0. The first kappa shape index (κ1) is 17.3. The number of benzene rings is 1. The molecule has 0 fully saturated rings. The molecule has 0 saturated heterocycles. The summed E-state index contributed by atoms with van der Waals surface area (Å²) in [6, 6.07) is 3.25. The Balaban J connectivity index is 2.72. The summed E-state index contributed by atoms with van der Waals surface area (Å²) in [4.78, 5) is 0. The van der Waals surface area contributed by atoms with Gasteiger partial charge in [-0.05, 0) is 43.5 Å². The molecule has 0 unspecified atom stereocenters. The molecule has 0 aliphatic carbocycles. The van der Waals surface area contributed by atoms with Gasteiger partial charge >= 0.3 is 6.18 Å². The zero-order chi connectivity index (χ0) is 15.6. The van der Waals surface area contributed by atoms with Crippen LogP contribution in [0.15, 0.2) is 16.6 Å². The molecule has 0 spiro atoms. The normalized spacial score (nSPS) is 12.5. The van der Waals surface area contributed by atoms with Crippen LogP contribution in [-0.4, -0.2) is 20.3 Å². The zero-order valence-electron chi connectivity index (χ0n) is 11.0. The van der Waals surface area contributed by atoms with E-state index in [1.807, 2.05) is 0 Å². The predicted octanol–water partition coefficient (Wildman–Crippen LogP) is 4.15. The quantitative estimate of drug-likeness (QED) is 0.842. The second-order valence-corrected chi connectivity index (χ2v) is 7.20. The third-order valence-corrected chi connectivity index (χ3v) is 5.21. The van der Waals surface area contributed by atoms with Crippen molar-refractivity contribution in [3.63, 3.8) is 0 Å². The van der Waals surface area contributed by atoms with Crippen LogP contribution < -0.4 is 4.72 Å². The smallest absolute Gasteiger partial charge is 0.284 e. The van der Waals surface area contributed by atoms with Crippen molar-refractivity contribution >= 4 is 31.6 Å².